The Morgan fingerprint density at radius 1 is 1.82 bits per heavy atom. The molecule has 0 aromatic rings. The monoisotopic (exact) mass is 195 g/mol. The van der Waals surface area contributed by atoms with E-state index in [-0.39, 0.29) is 9.45 Å². The van der Waals surface area contributed by atoms with Crippen LogP contribution in [0.25, 0.3) is 0 Å². The average Bonchev–Trinajstić information content (AvgIpc) is 1.82. The maximum Gasteiger partial charge on any atom is 0.247 e. The number of hydrogen-bond acceptors (Lipinski definition) is 2. The lowest BCUT2D eigenvalue weighted by molar-refractivity contribution is -0.116. The van der Waals surface area contributed by atoms with Gasteiger partial charge in [-0.15, -0.1) is 9.45 Å². The molecule has 0 radical (unpaired) electrons. The predicted molar refractivity (Wildman–Crippen MR) is 48.5 cm³/mol. The summed E-state index contributed by atoms with van der Waals surface area (Å²) in [7, 11) is -0.251. The maximum absolute atomic E-state index is 12.1. The normalized spacial score (nSPS) is 14.3. The van der Waals surface area contributed by atoms with Gasteiger partial charge in [0.2, 0.25) is 5.91 Å². The number of carbonyl (C=O) groups is 1. The quantitative estimate of drug-likeness (QED) is 0.670. The molecule has 0 bridgehead atoms. The van der Waals surface area contributed by atoms with Gasteiger partial charge in [-0.3, -0.25) is 4.79 Å². The van der Waals surface area contributed by atoms with Gasteiger partial charge >= 0.3 is 0 Å². The molecule has 1 atom stereocenters. The van der Waals surface area contributed by atoms with Crippen LogP contribution in [0.1, 0.15) is 6.92 Å². The number of amides is 1. The molecule has 0 aliphatic carbocycles. The average molecular weight is 195 g/mol. The van der Waals surface area contributed by atoms with E-state index >= 15 is 0 Å². The van der Waals surface area contributed by atoms with E-state index in [2.05, 4.69) is 5.32 Å². The second kappa shape index (κ2) is 5.37. The smallest absolute Gasteiger partial charge is 0.247 e. The largest absolute Gasteiger partial charge is 0.343 e. The first-order chi connectivity index (χ1) is 5.02. The zero-order valence-electron chi connectivity index (χ0n) is 6.39. The summed E-state index contributed by atoms with van der Waals surface area (Å²) in [6, 6.07) is 0. The van der Waals surface area contributed by atoms with Gasteiger partial charge in [0.25, 0.3) is 0 Å². The summed E-state index contributed by atoms with van der Waals surface area (Å²) >= 11 is 4.81. The third-order valence-electron chi connectivity index (χ3n) is 0.780. The second-order valence-corrected chi connectivity index (χ2v) is 5.13. The van der Waals surface area contributed by atoms with Crippen molar-refractivity contribution in [2.75, 3.05) is 12.1 Å². The summed E-state index contributed by atoms with van der Waals surface area (Å²) in [5, 5.41) is 2.47. The fourth-order valence-electron chi connectivity index (χ4n) is 0.404. The van der Waals surface area contributed by atoms with Gasteiger partial charge in [-0.25, -0.2) is 4.39 Å². The summed E-state index contributed by atoms with van der Waals surface area (Å²) in [5.41, 5.74) is 0. The number of halogens is 1. The van der Waals surface area contributed by atoms with Crippen LogP contribution >= 0.6 is 0 Å². The van der Waals surface area contributed by atoms with E-state index in [1.54, 1.807) is 0 Å². The molecule has 0 saturated heterocycles. The molecule has 0 heterocycles. The fraction of sp³-hybridized carbons (Fsp3) is 0.500. The Morgan fingerprint density at radius 3 is 2.73 bits per heavy atom. The number of rotatable bonds is 3. The van der Waals surface area contributed by atoms with Crippen LogP contribution in [-0.2, 0) is 25.4 Å². The van der Waals surface area contributed by atoms with Gasteiger partial charge in [0.15, 0.2) is 0 Å². The molecule has 1 N–H and O–H groups in total. The van der Waals surface area contributed by atoms with Gasteiger partial charge in [-0.2, -0.15) is 0 Å². The molecule has 11 heavy (non-hydrogen) atoms. The molecule has 0 aromatic carbocycles. The second-order valence-electron chi connectivity index (χ2n) is 1.99. The molecule has 1 amide bonds. The van der Waals surface area contributed by atoms with E-state index in [0.717, 1.165) is 6.08 Å². The number of allylic oxidation sites excluding steroid dienone is 1. The summed E-state index contributed by atoms with van der Waals surface area (Å²) in [6.07, 6.45) is 2.73. The van der Waals surface area contributed by atoms with Crippen molar-refractivity contribution < 1.29 is 9.18 Å². The first kappa shape index (κ1) is 10.7. The molecule has 0 fully saturated rings. The van der Waals surface area contributed by atoms with Crippen LogP contribution in [0.4, 0.5) is 4.39 Å². The molecule has 0 spiro atoms. The van der Waals surface area contributed by atoms with Crippen molar-refractivity contribution in [1.82, 2.24) is 5.32 Å². The number of nitrogens with one attached hydrogen (secondary N) is 1. The predicted octanol–water partition coefficient (Wildman–Crippen LogP) is 0.643. The Balaban J connectivity index is 3.71. The van der Waals surface area contributed by atoms with Gasteiger partial charge < -0.3 is 5.32 Å². The molecular formula is C6H10FNOS2. The van der Waals surface area contributed by atoms with E-state index in [0.29, 0.717) is 5.88 Å². The first-order valence-electron chi connectivity index (χ1n) is 2.94. The molecule has 0 rings (SSSR count). The fourth-order valence-corrected chi connectivity index (χ4v) is 0.927. The Labute approximate surface area is 72.5 Å². The molecule has 5 heteroatoms. The van der Waals surface area contributed by atoms with Crippen molar-refractivity contribution in [1.29, 1.82) is 0 Å². The summed E-state index contributed by atoms with van der Waals surface area (Å²) in [4.78, 5) is 10.7. The minimum absolute atomic E-state index is 0.251. The molecule has 0 aliphatic heterocycles. The Bertz CT molecular complexity index is 199. The zero-order valence-corrected chi connectivity index (χ0v) is 8.02. The van der Waals surface area contributed by atoms with Crippen LogP contribution in [0.5, 0.6) is 0 Å². The van der Waals surface area contributed by atoms with Gasteiger partial charge in [0.05, 0.1) is 5.88 Å². The molecule has 0 aromatic heterocycles. The van der Waals surface area contributed by atoms with Gasteiger partial charge in [-0.1, -0.05) is 11.2 Å². The maximum atomic E-state index is 12.1. The summed E-state index contributed by atoms with van der Waals surface area (Å²) in [6.45, 7) is 1.22. The van der Waals surface area contributed by atoms with Crippen molar-refractivity contribution in [2.24, 2.45) is 0 Å². The molecule has 0 saturated carbocycles. The molecule has 1 unspecified atom stereocenters. The minimum atomic E-state index is -0.497. The van der Waals surface area contributed by atoms with Crippen LogP contribution in [0.15, 0.2) is 11.9 Å². The van der Waals surface area contributed by atoms with Crippen molar-refractivity contribution in [3.63, 3.8) is 0 Å². The lowest BCUT2D eigenvalue weighted by Crippen LogP contribution is -2.24. The third-order valence-corrected chi connectivity index (χ3v) is 1.68. The number of carbonyl (C=O) groups excluding carboxylic acids is 1. The summed E-state index contributed by atoms with van der Waals surface area (Å²) < 4.78 is 12.1. The van der Waals surface area contributed by atoms with Crippen molar-refractivity contribution in [2.45, 2.75) is 6.92 Å². The minimum Gasteiger partial charge on any atom is -0.343 e. The van der Waals surface area contributed by atoms with E-state index in [9.17, 15) is 9.18 Å². The lowest BCUT2D eigenvalue weighted by atomic mass is 10.5. The van der Waals surface area contributed by atoms with Crippen molar-refractivity contribution in [3.05, 3.63) is 11.9 Å². The van der Waals surface area contributed by atoms with E-state index in [1.807, 2.05) is 6.26 Å². The van der Waals surface area contributed by atoms with Crippen LogP contribution in [-0.4, -0.2) is 18.0 Å². The summed E-state index contributed by atoms with van der Waals surface area (Å²) in [5.74, 6) is -0.491. The Morgan fingerprint density at radius 2 is 2.36 bits per heavy atom. The topological polar surface area (TPSA) is 29.1 Å². The van der Waals surface area contributed by atoms with Crippen LogP contribution in [0.2, 0.25) is 0 Å². The van der Waals surface area contributed by atoms with Gasteiger partial charge in [0, 0.05) is 6.08 Å². The standard InChI is InChI=1S/C6H10FNOS2/c1-5(7)3-6(9)8-4-11(2)10/h3H,4H2,1-2H3,(H,8,9)/b5-3+. The zero-order chi connectivity index (χ0) is 8.85. The highest BCUT2D eigenvalue weighted by Gasteiger charge is 1.95. The highest BCUT2D eigenvalue weighted by Crippen LogP contribution is 1.90. The highest BCUT2D eigenvalue weighted by molar-refractivity contribution is 8.28. The lowest BCUT2D eigenvalue weighted by Gasteiger charge is -1.98. The van der Waals surface area contributed by atoms with Crippen molar-refractivity contribution in [3.8, 4) is 0 Å². The van der Waals surface area contributed by atoms with Gasteiger partial charge in [-0.05, 0) is 13.2 Å². The third kappa shape index (κ3) is 7.61. The molecular weight excluding hydrogens is 185 g/mol. The molecule has 2 nitrogen and oxygen atoms in total. The van der Waals surface area contributed by atoms with Crippen LogP contribution in [0, 0.1) is 0 Å². The molecule has 0 aliphatic rings. The Kier molecular flexibility index (Phi) is 5.23. The Hall–Kier alpha value is -0.290. The highest BCUT2D eigenvalue weighted by atomic mass is 32.8. The van der Waals surface area contributed by atoms with E-state index in [1.165, 1.54) is 6.92 Å². The van der Waals surface area contributed by atoms with Gasteiger partial charge in [0.1, 0.15) is 5.83 Å². The van der Waals surface area contributed by atoms with Crippen molar-refractivity contribution >= 4 is 26.5 Å². The van der Waals surface area contributed by atoms with E-state index in [4.69, 9.17) is 11.2 Å². The van der Waals surface area contributed by atoms with E-state index < -0.39 is 11.7 Å². The van der Waals surface area contributed by atoms with Crippen LogP contribution < -0.4 is 5.32 Å². The SMILES string of the molecule is C/C(F)=C\C(=O)NCS(C)=S. The molecule has 64 valence electrons. The first-order valence-corrected chi connectivity index (χ1v) is 5.66. The number of hydrogen-bond donors (Lipinski definition) is 1. The van der Waals surface area contributed by atoms with Crippen LogP contribution in [0.3, 0.4) is 0 Å².